The van der Waals surface area contributed by atoms with Gasteiger partial charge in [-0.1, -0.05) is 60.7 Å². The molecule has 1 aliphatic heterocycles. The van der Waals surface area contributed by atoms with Gasteiger partial charge < -0.3 is 30.4 Å². The van der Waals surface area contributed by atoms with Crippen LogP contribution in [0.2, 0.25) is 0 Å². The Bertz CT molecular complexity index is 947. The Morgan fingerprint density at radius 1 is 0.750 bits per heavy atom. The molecule has 0 aromatic heterocycles. The summed E-state index contributed by atoms with van der Waals surface area (Å²) in [4.78, 5) is 26.5. The Hall–Kier alpha value is -2.78. The molecule has 1 saturated carbocycles. The van der Waals surface area contributed by atoms with Gasteiger partial charge in [-0.15, -0.1) is 0 Å². The molecule has 0 radical (unpaired) electrons. The number of esters is 2. The highest BCUT2D eigenvalue weighted by molar-refractivity contribution is 5.95. The van der Waals surface area contributed by atoms with Gasteiger partial charge in [-0.25, -0.2) is 9.59 Å². The van der Waals surface area contributed by atoms with E-state index >= 15 is 0 Å². The van der Waals surface area contributed by atoms with Crippen molar-refractivity contribution < 1.29 is 28.5 Å². The molecule has 2 aliphatic rings. The van der Waals surface area contributed by atoms with Crippen LogP contribution in [0.3, 0.4) is 0 Å². The lowest BCUT2D eigenvalue weighted by Gasteiger charge is -2.50. The molecule has 4 rings (SSSR count). The Labute approximate surface area is 186 Å². The molecule has 4 N–H and O–H groups in total. The number of carbonyl (C=O) groups excluding carboxylic acids is 2. The number of hydrogen-bond donors (Lipinski definition) is 2. The normalized spacial score (nSPS) is 26.6. The van der Waals surface area contributed by atoms with E-state index in [4.69, 9.17) is 30.4 Å². The van der Waals surface area contributed by atoms with Crippen LogP contribution < -0.4 is 11.5 Å². The number of rotatable bonds is 6. The summed E-state index contributed by atoms with van der Waals surface area (Å²) in [6, 6.07) is 18.4. The minimum Gasteiger partial charge on any atom is -0.459 e. The summed E-state index contributed by atoms with van der Waals surface area (Å²) < 4.78 is 22.6. The fourth-order valence-corrected chi connectivity index (χ4v) is 4.27. The van der Waals surface area contributed by atoms with Crippen LogP contribution >= 0.6 is 0 Å². The van der Waals surface area contributed by atoms with Gasteiger partial charge >= 0.3 is 11.9 Å². The van der Waals surface area contributed by atoms with Crippen molar-refractivity contribution >= 4 is 11.9 Å². The summed E-state index contributed by atoms with van der Waals surface area (Å²) in [7, 11) is 0. The zero-order chi connectivity index (χ0) is 22.7. The molecule has 170 valence electrons. The molecule has 32 heavy (non-hydrogen) atoms. The third-order valence-corrected chi connectivity index (χ3v) is 6.21. The van der Waals surface area contributed by atoms with Gasteiger partial charge in [0.1, 0.15) is 24.3 Å². The number of carbonyl (C=O) groups is 2. The van der Waals surface area contributed by atoms with E-state index in [2.05, 4.69) is 0 Å². The lowest BCUT2D eigenvalue weighted by molar-refractivity contribution is -0.214. The molecular formula is C24H28N2O6. The fraction of sp³-hybridized carbons (Fsp3) is 0.417. The minimum absolute atomic E-state index is 0.00246. The van der Waals surface area contributed by atoms with Crippen LogP contribution in [0.15, 0.2) is 60.7 Å². The average molecular weight is 440 g/mol. The summed E-state index contributed by atoms with van der Waals surface area (Å²) in [5, 5.41) is 0. The molecule has 1 aliphatic carbocycles. The predicted octanol–water partition coefficient (Wildman–Crippen LogP) is 1.80. The van der Waals surface area contributed by atoms with Crippen LogP contribution in [-0.2, 0) is 41.8 Å². The highest BCUT2D eigenvalue weighted by Gasteiger charge is 2.66. The maximum atomic E-state index is 13.3. The number of nitrogens with two attached hydrogens (primary N) is 2. The molecule has 8 nitrogen and oxygen atoms in total. The molecule has 8 heteroatoms. The van der Waals surface area contributed by atoms with Crippen LogP contribution in [0.1, 0.15) is 30.4 Å². The number of benzene rings is 2. The topological polar surface area (TPSA) is 123 Å². The molecule has 2 unspecified atom stereocenters. The van der Waals surface area contributed by atoms with Crippen molar-refractivity contribution in [2.24, 2.45) is 11.5 Å². The lowest BCUT2D eigenvalue weighted by Crippen LogP contribution is -2.78. The Morgan fingerprint density at radius 2 is 1.22 bits per heavy atom. The van der Waals surface area contributed by atoms with Crippen LogP contribution in [0.4, 0.5) is 0 Å². The highest BCUT2D eigenvalue weighted by Crippen LogP contribution is 2.45. The molecule has 2 atom stereocenters. The van der Waals surface area contributed by atoms with E-state index in [0.29, 0.717) is 19.6 Å². The van der Waals surface area contributed by atoms with Crippen LogP contribution in [-0.4, -0.2) is 42.0 Å². The maximum Gasteiger partial charge on any atom is 0.329 e. The summed E-state index contributed by atoms with van der Waals surface area (Å²) in [6.07, 6.45) is 0.261. The molecule has 1 heterocycles. The molecule has 1 saturated heterocycles. The summed E-state index contributed by atoms with van der Waals surface area (Å²) in [6.45, 7) is 0.782. The van der Waals surface area contributed by atoms with Crippen molar-refractivity contribution in [3.63, 3.8) is 0 Å². The summed E-state index contributed by atoms with van der Waals surface area (Å²) in [5.41, 5.74) is 11.1. The van der Waals surface area contributed by atoms with Gasteiger partial charge in [-0.3, -0.25) is 0 Å². The van der Waals surface area contributed by atoms with Crippen molar-refractivity contribution in [3.8, 4) is 0 Å². The van der Waals surface area contributed by atoms with Gasteiger partial charge in [0, 0.05) is 12.8 Å². The molecule has 0 bridgehead atoms. The van der Waals surface area contributed by atoms with Gasteiger partial charge in [0.25, 0.3) is 0 Å². The van der Waals surface area contributed by atoms with E-state index in [9.17, 15) is 9.59 Å². The first-order valence-electron chi connectivity index (χ1n) is 10.6. The van der Waals surface area contributed by atoms with E-state index < -0.39 is 28.8 Å². The smallest absolute Gasteiger partial charge is 0.329 e. The fourth-order valence-electron chi connectivity index (χ4n) is 4.27. The quantitative estimate of drug-likeness (QED) is 0.652. The van der Waals surface area contributed by atoms with Crippen molar-refractivity contribution in [3.05, 3.63) is 71.8 Å². The van der Waals surface area contributed by atoms with E-state index in [0.717, 1.165) is 11.1 Å². The molecule has 0 amide bonds. The Balaban J connectivity index is 1.55. The lowest BCUT2D eigenvalue weighted by atomic mass is 9.65. The Morgan fingerprint density at radius 3 is 1.72 bits per heavy atom. The molecular weight excluding hydrogens is 412 g/mol. The van der Waals surface area contributed by atoms with Crippen LogP contribution in [0.25, 0.3) is 0 Å². The van der Waals surface area contributed by atoms with Gasteiger partial charge in [-0.05, 0) is 17.5 Å². The predicted molar refractivity (Wildman–Crippen MR) is 115 cm³/mol. The van der Waals surface area contributed by atoms with Crippen LogP contribution in [0.5, 0.6) is 0 Å². The second-order valence-corrected chi connectivity index (χ2v) is 8.35. The number of ether oxygens (including phenoxy) is 4. The van der Waals surface area contributed by atoms with Gasteiger partial charge in [0.2, 0.25) is 0 Å². The zero-order valence-corrected chi connectivity index (χ0v) is 17.8. The first-order chi connectivity index (χ1) is 15.4. The number of hydrogen-bond acceptors (Lipinski definition) is 8. The first kappa shape index (κ1) is 22.4. The van der Waals surface area contributed by atoms with Crippen molar-refractivity contribution in [2.75, 3.05) is 13.2 Å². The van der Waals surface area contributed by atoms with E-state index in [1.165, 1.54) is 0 Å². The third kappa shape index (κ3) is 4.27. The minimum atomic E-state index is -1.89. The summed E-state index contributed by atoms with van der Waals surface area (Å²) >= 11 is 0. The molecule has 2 aromatic rings. The second kappa shape index (κ2) is 8.99. The SMILES string of the molecule is NC1(C(=O)OCc2ccccc2)CCC2(CC1(N)C(=O)OCc1ccccc1)OCCO2. The van der Waals surface area contributed by atoms with E-state index in [-0.39, 0.29) is 26.1 Å². The summed E-state index contributed by atoms with van der Waals surface area (Å²) in [5.74, 6) is -2.62. The van der Waals surface area contributed by atoms with Crippen molar-refractivity contribution in [1.82, 2.24) is 0 Å². The van der Waals surface area contributed by atoms with Crippen LogP contribution in [0, 0.1) is 0 Å². The largest absolute Gasteiger partial charge is 0.459 e. The molecule has 2 fully saturated rings. The van der Waals surface area contributed by atoms with Gasteiger partial charge in [-0.2, -0.15) is 0 Å². The van der Waals surface area contributed by atoms with Gasteiger partial charge in [0.15, 0.2) is 5.79 Å². The second-order valence-electron chi connectivity index (χ2n) is 8.35. The highest BCUT2D eigenvalue weighted by atomic mass is 16.7. The van der Waals surface area contributed by atoms with Gasteiger partial charge in [0.05, 0.1) is 13.2 Å². The first-order valence-corrected chi connectivity index (χ1v) is 10.6. The molecule has 1 spiro atoms. The van der Waals surface area contributed by atoms with E-state index in [1.54, 1.807) is 0 Å². The standard InChI is InChI=1S/C24H28N2O6/c25-23(20(27)29-15-18-7-3-1-4-8-18)12-11-22(31-13-14-32-22)17-24(23,26)21(28)30-16-19-9-5-2-6-10-19/h1-10H,11-17,25-26H2. The monoisotopic (exact) mass is 440 g/mol. The van der Waals surface area contributed by atoms with E-state index in [1.807, 2.05) is 60.7 Å². The van der Waals surface area contributed by atoms with Crippen molar-refractivity contribution in [2.45, 2.75) is 49.3 Å². The third-order valence-electron chi connectivity index (χ3n) is 6.21. The maximum absolute atomic E-state index is 13.3. The molecule has 2 aromatic carbocycles. The Kier molecular flexibility index (Phi) is 6.30. The van der Waals surface area contributed by atoms with Crippen molar-refractivity contribution in [1.29, 1.82) is 0 Å². The zero-order valence-electron chi connectivity index (χ0n) is 17.8. The average Bonchev–Trinajstić information content (AvgIpc) is 3.27.